The minimum absolute atomic E-state index is 0.204. The highest BCUT2D eigenvalue weighted by Gasteiger charge is 2.18. The number of hydrogen-bond donors (Lipinski definition) is 1. The monoisotopic (exact) mass is 326 g/mol. The van der Waals surface area contributed by atoms with Crippen LogP contribution in [0.1, 0.15) is 11.1 Å². The highest BCUT2D eigenvalue weighted by Crippen LogP contribution is 2.17. The minimum Gasteiger partial charge on any atom is -0.370 e. The van der Waals surface area contributed by atoms with Gasteiger partial charge in [-0.2, -0.15) is 0 Å². The summed E-state index contributed by atoms with van der Waals surface area (Å²) < 4.78 is 13.0. The average Bonchev–Trinajstić information content (AvgIpc) is 2.62. The Morgan fingerprint density at radius 1 is 1.04 bits per heavy atom. The van der Waals surface area contributed by atoms with Crippen LogP contribution in [0.3, 0.4) is 0 Å². The van der Waals surface area contributed by atoms with Crippen molar-refractivity contribution in [1.82, 2.24) is 4.90 Å². The number of aryl methyl sites for hydroxylation is 1. The molecule has 0 saturated carbocycles. The molecule has 1 saturated heterocycles. The van der Waals surface area contributed by atoms with Gasteiger partial charge in [0.05, 0.1) is 6.54 Å². The average molecular weight is 326 g/mol. The van der Waals surface area contributed by atoms with Crippen molar-refractivity contribution in [3.63, 3.8) is 0 Å². The summed E-state index contributed by atoms with van der Waals surface area (Å²) in [4.78, 5) is 8.89. The number of rotatable bonds is 3. The van der Waals surface area contributed by atoms with Gasteiger partial charge in [-0.25, -0.2) is 9.38 Å². The van der Waals surface area contributed by atoms with Crippen molar-refractivity contribution in [2.45, 2.75) is 13.5 Å². The van der Waals surface area contributed by atoms with E-state index in [2.05, 4.69) is 33.8 Å². The van der Waals surface area contributed by atoms with Gasteiger partial charge in [0.15, 0.2) is 5.96 Å². The molecule has 0 amide bonds. The lowest BCUT2D eigenvalue weighted by atomic mass is 10.1. The van der Waals surface area contributed by atoms with E-state index >= 15 is 0 Å². The summed E-state index contributed by atoms with van der Waals surface area (Å²) in [7, 11) is 0. The second-order valence-corrected chi connectivity index (χ2v) is 6.05. The van der Waals surface area contributed by atoms with E-state index in [0.717, 1.165) is 31.9 Å². The van der Waals surface area contributed by atoms with Crippen LogP contribution in [0.25, 0.3) is 0 Å². The van der Waals surface area contributed by atoms with Gasteiger partial charge in [-0.05, 0) is 42.3 Å². The Labute approximate surface area is 142 Å². The number of benzene rings is 2. The van der Waals surface area contributed by atoms with Crippen molar-refractivity contribution < 1.29 is 4.39 Å². The molecule has 2 aromatic carbocycles. The highest BCUT2D eigenvalue weighted by atomic mass is 19.1. The number of aliphatic imine (C=N–C) groups is 1. The lowest BCUT2D eigenvalue weighted by Crippen LogP contribution is -2.51. The molecule has 0 spiro atoms. The molecule has 24 heavy (non-hydrogen) atoms. The summed E-state index contributed by atoms with van der Waals surface area (Å²) in [6.07, 6.45) is 0. The fraction of sp³-hybridized carbons (Fsp3) is 0.316. The Hall–Kier alpha value is -2.56. The molecule has 0 aromatic heterocycles. The first-order chi connectivity index (χ1) is 11.6. The summed E-state index contributed by atoms with van der Waals surface area (Å²) >= 11 is 0. The molecule has 126 valence electrons. The second kappa shape index (κ2) is 7.34. The Morgan fingerprint density at radius 3 is 2.38 bits per heavy atom. The van der Waals surface area contributed by atoms with E-state index in [1.54, 1.807) is 0 Å². The zero-order valence-electron chi connectivity index (χ0n) is 14.0. The third-order valence-electron chi connectivity index (χ3n) is 4.47. The Kier molecular flexibility index (Phi) is 4.99. The molecule has 3 rings (SSSR count). The van der Waals surface area contributed by atoms with Crippen molar-refractivity contribution in [1.29, 1.82) is 0 Å². The molecule has 1 heterocycles. The molecular formula is C19H23FN4. The zero-order valence-corrected chi connectivity index (χ0v) is 14.0. The first-order valence-corrected chi connectivity index (χ1v) is 8.23. The minimum atomic E-state index is -0.204. The third kappa shape index (κ3) is 3.85. The molecule has 1 aliphatic heterocycles. The summed E-state index contributed by atoms with van der Waals surface area (Å²) in [6.45, 7) is 6.04. The molecule has 5 heteroatoms. The molecule has 2 aromatic rings. The van der Waals surface area contributed by atoms with Crippen molar-refractivity contribution in [3.8, 4) is 0 Å². The predicted octanol–water partition coefficient (Wildman–Crippen LogP) is 2.77. The molecule has 0 unspecified atom stereocenters. The molecule has 0 radical (unpaired) electrons. The zero-order chi connectivity index (χ0) is 16.9. The number of nitrogens with two attached hydrogens (primary N) is 1. The normalized spacial score (nSPS) is 15.7. The number of piperazine rings is 1. The number of nitrogens with zero attached hydrogens (tertiary/aromatic N) is 3. The van der Waals surface area contributed by atoms with E-state index in [1.165, 1.54) is 23.3 Å². The largest absolute Gasteiger partial charge is 0.370 e. The van der Waals surface area contributed by atoms with Gasteiger partial charge < -0.3 is 15.5 Å². The van der Waals surface area contributed by atoms with E-state index in [0.29, 0.717) is 12.5 Å². The van der Waals surface area contributed by atoms with Crippen LogP contribution in [0.2, 0.25) is 0 Å². The Balaban J connectivity index is 1.56. The van der Waals surface area contributed by atoms with Crippen LogP contribution in [0.15, 0.2) is 53.5 Å². The summed E-state index contributed by atoms with van der Waals surface area (Å²) in [5.41, 5.74) is 9.64. The van der Waals surface area contributed by atoms with E-state index in [-0.39, 0.29) is 5.82 Å². The Morgan fingerprint density at radius 2 is 1.71 bits per heavy atom. The van der Waals surface area contributed by atoms with Crippen molar-refractivity contribution >= 4 is 11.6 Å². The van der Waals surface area contributed by atoms with Crippen LogP contribution in [0.5, 0.6) is 0 Å². The van der Waals surface area contributed by atoms with E-state index in [9.17, 15) is 4.39 Å². The molecule has 0 aliphatic carbocycles. The van der Waals surface area contributed by atoms with Crippen LogP contribution in [-0.2, 0) is 6.54 Å². The molecular weight excluding hydrogens is 303 g/mol. The van der Waals surface area contributed by atoms with Gasteiger partial charge in [0.2, 0.25) is 0 Å². The molecule has 4 nitrogen and oxygen atoms in total. The summed E-state index contributed by atoms with van der Waals surface area (Å²) in [5, 5.41) is 0. The first-order valence-electron chi connectivity index (χ1n) is 8.23. The van der Waals surface area contributed by atoms with Gasteiger partial charge in [0.25, 0.3) is 0 Å². The Bertz CT molecular complexity index is 704. The smallest absolute Gasteiger partial charge is 0.191 e. The number of halogens is 1. The lowest BCUT2D eigenvalue weighted by molar-refractivity contribution is 0.380. The SMILES string of the molecule is Cc1ccccc1CN=C(N)N1CCN(c2ccc(F)cc2)CC1. The van der Waals surface area contributed by atoms with Gasteiger partial charge in [-0.15, -0.1) is 0 Å². The van der Waals surface area contributed by atoms with Crippen LogP contribution < -0.4 is 10.6 Å². The fourth-order valence-electron chi connectivity index (χ4n) is 2.90. The second-order valence-electron chi connectivity index (χ2n) is 6.05. The third-order valence-corrected chi connectivity index (χ3v) is 4.47. The van der Waals surface area contributed by atoms with Gasteiger partial charge in [-0.1, -0.05) is 24.3 Å². The topological polar surface area (TPSA) is 44.9 Å². The van der Waals surface area contributed by atoms with E-state index in [4.69, 9.17) is 5.73 Å². The molecule has 0 atom stereocenters. The van der Waals surface area contributed by atoms with Crippen LogP contribution >= 0.6 is 0 Å². The van der Waals surface area contributed by atoms with E-state index in [1.807, 2.05) is 24.3 Å². The fourth-order valence-corrected chi connectivity index (χ4v) is 2.90. The van der Waals surface area contributed by atoms with Crippen molar-refractivity contribution in [2.24, 2.45) is 10.7 Å². The standard InChI is InChI=1S/C19H23FN4/c1-15-4-2-3-5-16(15)14-22-19(21)24-12-10-23(11-13-24)18-8-6-17(20)7-9-18/h2-9H,10-14H2,1H3,(H2,21,22). The number of guanidine groups is 1. The predicted molar refractivity (Wildman–Crippen MR) is 96.7 cm³/mol. The van der Waals surface area contributed by atoms with Crippen molar-refractivity contribution in [3.05, 3.63) is 65.5 Å². The molecule has 1 fully saturated rings. The highest BCUT2D eigenvalue weighted by molar-refractivity contribution is 5.78. The van der Waals surface area contributed by atoms with Crippen LogP contribution in [0, 0.1) is 12.7 Å². The van der Waals surface area contributed by atoms with Crippen LogP contribution in [0.4, 0.5) is 10.1 Å². The maximum atomic E-state index is 13.0. The van der Waals surface area contributed by atoms with Gasteiger partial charge >= 0.3 is 0 Å². The molecule has 1 aliphatic rings. The van der Waals surface area contributed by atoms with Crippen molar-refractivity contribution in [2.75, 3.05) is 31.1 Å². The summed E-state index contributed by atoms with van der Waals surface area (Å²) in [6, 6.07) is 14.9. The maximum Gasteiger partial charge on any atom is 0.191 e. The van der Waals surface area contributed by atoms with E-state index < -0.39 is 0 Å². The molecule has 2 N–H and O–H groups in total. The quantitative estimate of drug-likeness (QED) is 0.697. The van der Waals surface area contributed by atoms with Gasteiger partial charge in [-0.3, -0.25) is 0 Å². The summed E-state index contributed by atoms with van der Waals surface area (Å²) in [5.74, 6) is 0.391. The number of anilines is 1. The van der Waals surface area contributed by atoms with Crippen LogP contribution in [-0.4, -0.2) is 37.0 Å². The van der Waals surface area contributed by atoms with Gasteiger partial charge in [0, 0.05) is 31.9 Å². The van der Waals surface area contributed by atoms with Gasteiger partial charge in [0.1, 0.15) is 5.82 Å². The lowest BCUT2D eigenvalue weighted by Gasteiger charge is -2.36. The number of hydrogen-bond acceptors (Lipinski definition) is 2. The first kappa shape index (κ1) is 16.3. The maximum absolute atomic E-state index is 13.0. The molecule has 0 bridgehead atoms.